The first kappa shape index (κ1) is 17.4. The maximum atomic E-state index is 12.8. The van der Waals surface area contributed by atoms with E-state index < -0.39 is 25.4 Å². The first-order valence-electron chi connectivity index (χ1n) is 8.04. The molecule has 6 nitrogen and oxygen atoms in total. The highest BCUT2D eigenvalue weighted by atomic mass is 32.2. The van der Waals surface area contributed by atoms with Crippen LogP contribution in [-0.4, -0.2) is 22.1 Å². The Morgan fingerprint density at radius 3 is 2.42 bits per heavy atom. The molecule has 1 saturated carbocycles. The van der Waals surface area contributed by atoms with Crippen LogP contribution in [0.2, 0.25) is 0 Å². The van der Waals surface area contributed by atoms with E-state index in [1.807, 2.05) is 6.08 Å². The topological polar surface area (TPSA) is 104 Å². The van der Waals surface area contributed by atoms with Crippen LogP contribution in [0.1, 0.15) is 44.1 Å². The molecular weight excluding hydrogens is 350 g/mol. The predicted octanol–water partition coefficient (Wildman–Crippen LogP) is 2.25. The van der Waals surface area contributed by atoms with Gasteiger partial charge in [0.2, 0.25) is 0 Å². The minimum Gasteiger partial charge on any atom is -0.371 e. The van der Waals surface area contributed by atoms with E-state index in [4.69, 9.17) is 5.14 Å². The van der Waals surface area contributed by atoms with Crippen molar-refractivity contribution in [2.45, 2.75) is 55.1 Å². The van der Waals surface area contributed by atoms with Gasteiger partial charge in [0.1, 0.15) is 5.75 Å². The van der Waals surface area contributed by atoms with Crippen molar-refractivity contribution >= 4 is 20.1 Å². The second-order valence-corrected chi connectivity index (χ2v) is 9.66. The van der Waals surface area contributed by atoms with Gasteiger partial charge in [0.15, 0.2) is 9.84 Å². The summed E-state index contributed by atoms with van der Waals surface area (Å²) in [5.41, 5.74) is 1.90. The molecular formula is C16H21NO5S2. The Morgan fingerprint density at radius 2 is 1.79 bits per heavy atom. The van der Waals surface area contributed by atoms with Crippen molar-refractivity contribution in [1.82, 2.24) is 0 Å². The van der Waals surface area contributed by atoms with Gasteiger partial charge < -0.3 is 4.18 Å². The number of allylic oxidation sites excluding steroid dienone is 1. The largest absolute Gasteiger partial charge is 0.380 e. The fourth-order valence-corrected chi connectivity index (χ4v) is 5.67. The van der Waals surface area contributed by atoms with Crippen molar-refractivity contribution in [2.24, 2.45) is 5.14 Å². The fourth-order valence-electron chi connectivity index (χ4n) is 3.40. The van der Waals surface area contributed by atoms with E-state index in [-0.39, 0.29) is 10.6 Å². The van der Waals surface area contributed by atoms with Gasteiger partial charge in [0, 0.05) is 6.07 Å². The second-order valence-electron chi connectivity index (χ2n) is 6.37. The van der Waals surface area contributed by atoms with Crippen LogP contribution in [0.5, 0.6) is 5.75 Å². The van der Waals surface area contributed by atoms with E-state index in [1.165, 1.54) is 30.5 Å². The van der Waals surface area contributed by atoms with Gasteiger partial charge in [-0.05, 0) is 43.7 Å². The van der Waals surface area contributed by atoms with Crippen molar-refractivity contribution in [1.29, 1.82) is 0 Å². The molecule has 8 heteroatoms. The van der Waals surface area contributed by atoms with Crippen molar-refractivity contribution in [3.8, 4) is 5.75 Å². The summed E-state index contributed by atoms with van der Waals surface area (Å²) >= 11 is 0. The van der Waals surface area contributed by atoms with Gasteiger partial charge in [0.05, 0.1) is 10.1 Å². The molecule has 0 radical (unpaired) electrons. The van der Waals surface area contributed by atoms with Crippen LogP contribution < -0.4 is 9.32 Å². The van der Waals surface area contributed by atoms with Gasteiger partial charge in [-0.15, -0.1) is 0 Å². The zero-order chi connectivity index (χ0) is 17.4. The minimum atomic E-state index is -4.18. The number of hydrogen-bond donors (Lipinski definition) is 1. The van der Waals surface area contributed by atoms with Crippen LogP contribution in [0, 0.1) is 0 Å². The third kappa shape index (κ3) is 3.81. The summed E-state index contributed by atoms with van der Waals surface area (Å²) in [7, 11) is -7.71. The standard InChI is InChI=1S/C16H21NO5S2/c17-24(20,21)22-14-8-7-13-10-15(23(18,19)16(13)11-14)9-12-5-3-1-2-4-6-12/h7-9,11,15H,1-6,10H2,(H2,17,20,21). The molecule has 3 rings (SSSR count). The molecule has 2 N–H and O–H groups in total. The quantitative estimate of drug-likeness (QED) is 0.648. The highest BCUT2D eigenvalue weighted by molar-refractivity contribution is 7.92. The van der Waals surface area contributed by atoms with Crippen molar-refractivity contribution < 1.29 is 21.0 Å². The van der Waals surface area contributed by atoms with Crippen LogP contribution in [0.3, 0.4) is 0 Å². The van der Waals surface area contributed by atoms with Crippen molar-refractivity contribution in [3.05, 3.63) is 35.4 Å². The smallest absolute Gasteiger partial charge is 0.371 e. The molecule has 1 atom stereocenters. The van der Waals surface area contributed by atoms with Gasteiger partial charge in [0.25, 0.3) is 0 Å². The summed E-state index contributed by atoms with van der Waals surface area (Å²) in [6.07, 6.45) is 8.85. The molecule has 1 aromatic carbocycles. The van der Waals surface area contributed by atoms with E-state index in [1.54, 1.807) is 6.07 Å². The molecule has 132 valence electrons. The monoisotopic (exact) mass is 371 g/mol. The van der Waals surface area contributed by atoms with Crippen LogP contribution >= 0.6 is 0 Å². The Kier molecular flexibility index (Phi) is 4.72. The lowest BCUT2D eigenvalue weighted by molar-refractivity contribution is 0.486. The lowest BCUT2D eigenvalue weighted by Crippen LogP contribution is -2.19. The molecule has 1 heterocycles. The normalized spacial score (nSPS) is 23.4. The Bertz CT molecular complexity index is 862. The third-order valence-electron chi connectivity index (χ3n) is 4.54. The SMILES string of the molecule is NS(=O)(=O)Oc1ccc2c(c1)S(=O)(=O)C(C=C1CCCCCC1)C2. The number of benzene rings is 1. The van der Waals surface area contributed by atoms with Crippen molar-refractivity contribution in [2.75, 3.05) is 0 Å². The van der Waals surface area contributed by atoms with Crippen LogP contribution in [-0.2, 0) is 26.6 Å². The van der Waals surface area contributed by atoms with Gasteiger partial charge in [-0.3, -0.25) is 0 Å². The summed E-state index contributed by atoms with van der Waals surface area (Å²) < 4.78 is 52.2. The molecule has 1 aliphatic heterocycles. The zero-order valence-corrected chi connectivity index (χ0v) is 14.9. The molecule has 1 aliphatic carbocycles. The number of fused-ring (bicyclic) bond motifs is 1. The molecule has 1 unspecified atom stereocenters. The average Bonchev–Trinajstić information content (AvgIpc) is 2.67. The van der Waals surface area contributed by atoms with Gasteiger partial charge in [-0.25, -0.2) is 8.42 Å². The molecule has 24 heavy (non-hydrogen) atoms. The second kappa shape index (κ2) is 6.50. The Labute approximate surface area is 142 Å². The highest BCUT2D eigenvalue weighted by Gasteiger charge is 2.36. The van der Waals surface area contributed by atoms with Gasteiger partial charge >= 0.3 is 10.3 Å². The van der Waals surface area contributed by atoms with E-state index in [0.717, 1.165) is 25.7 Å². The van der Waals surface area contributed by atoms with Crippen LogP contribution in [0.4, 0.5) is 0 Å². The number of nitrogens with two attached hydrogens (primary N) is 1. The van der Waals surface area contributed by atoms with E-state index in [9.17, 15) is 16.8 Å². The fraction of sp³-hybridized carbons (Fsp3) is 0.500. The highest BCUT2D eigenvalue weighted by Crippen LogP contribution is 2.36. The van der Waals surface area contributed by atoms with Crippen molar-refractivity contribution in [3.63, 3.8) is 0 Å². The molecule has 0 spiro atoms. The van der Waals surface area contributed by atoms with E-state index in [2.05, 4.69) is 4.18 Å². The van der Waals surface area contributed by atoms with Gasteiger partial charge in [-0.2, -0.15) is 13.6 Å². The molecule has 1 aromatic rings. The van der Waals surface area contributed by atoms with Gasteiger partial charge in [-0.1, -0.05) is 30.6 Å². The molecule has 0 bridgehead atoms. The summed E-state index contributed by atoms with van der Waals surface area (Å²) in [5, 5.41) is 4.26. The van der Waals surface area contributed by atoms with Crippen LogP contribution in [0.25, 0.3) is 0 Å². The molecule has 0 saturated heterocycles. The Hall–Kier alpha value is -1.38. The zero-order valence-electron chi connectivity index (χ0n) is 13.3. The predicted molar refractivity (Wildman–Crippen MR) is 90.6 cm³/mol. The lowest BCUT2D eigenvalue weighted by atomic mass is 10.0. The molecule has 0 amide bonds. The van der Waals surface area contributed by atoms with E-state index >= 15 is 0 Å². The maximum Gasteiger partial charge on any atom is 0.380 e. The number of sulfone groups is 1. The summed E-state index contributed by atoms with van der Waals surface area (Å²) in [6, 6.07) is 4.28. The maximum absolute atomic E-state index is 12.8. The molecule has 1 fully saturated rings. The summed E-state index contributed by atoms with van der Waals surface area (Å²) in [4.78, 5) is 0.138. The Balaban J connectivity index is 1.90. The number of rotatable bonds is 3. The molecule has 2 aliphatic rings. The summed E-state index contributed by atoms with van der Waals surface area (Å²) in [6.45, 7) is 0. The van der Waals surface area contributed by atoms with E-state index in [0.29, 0.717) is 12.0 Å². The minimum absolute atomic E-state index is 0.0809. The summed E-state index contributed by atoms with van der Waals surface area (Å²) in [5.74, 6) is -0.0809. The number of hydrogen-bond acceptors (Lipinski definition) is 5. The average molecular weight is 371 g/mol. The molecule has 0 aromatic heterocycles. The Morgan fingerprint density at radius 1 is 1.12 bits per heavy atom. The van der Waals surface area contributed by atoms with Crippen LogP contribution in [0.15, 0.2) is 34.7 Å². The third-order valence-corrected chi connectivity index (χ3v) is 7.06. The first-order chi connectivity index (χ1) is 11.3. The first-order valence-corrected chi connectivity index (χ1v) is 11.1. The lowest BCUT2D eigenvalue weighted by Gasteiger charge is -2.08.